The van der Waals surface area contributed by atoms with E-state index in [1.54, 1.807) is 12.1 Å². The predicted molar refractivity (Wildman–Crippen MR) is 103 cm³/mol. The highest BCUT2D eigenvalue weighted by Gasteiger charge is 2.26. The number of rotatable bonds is 8. The van der Waals surface area contributed by atoms with Crippen LogP contribution in [0.3, 0.4) is 0 Å². The molecule has 0 saturated heterocycles. The van der Waals surface area contributed by atoms with Gasteiger partial charge in [0.05, 0.1) is 12.5 Å². The molecule has 0 heterocycles. The van der Waals surface area contributed by atoms with Crippen LogP contribution in [0, 0.1) is 5.92 Å². The number of aliphatic carboxylic acids is 2. The summed E-state index contributed by atoms with van der Waals surface area (Å²) in [6, 6.07) is 14.1. The van der Waals surface area contributed by atoms with Gasteiger partial charge in [-0.05, 0) is 35.6 Å². The van der Waals surface area contributed by atoms with Gasteiger partial charge in [0.2, 0.25) is 0 Å². The SMILES string of the molecule is O=C(O)C(=O)N[C@@H](Cc1ccc(-c2ccccc2)cc1Cl)CC(CO)C(=O)O. The minimum absolute atomic E-state index is 0.122. The van der Waals surface area contributed by atoms with Gasteiger partial charge in [-0.3, -0.25) is 9.59 Å². The Bertz CT molecular complexity index is 855. The summed E-state index contributed by atoms with van der Waals surface area (Å²) in [4.78, 5) is 33.6. The molecule has 148 valence electrons. The minimum Gasteiger partial charge on any atom is -0.481 e. The van der Waals surface area contributed by atoms with Crippen molar-refractivity contribution in [3.05, 3.63) is 59.1 Å². The van der Waals surface area contributed by atoms with Gasteiger partial charge in [-0.25, -0.2) is 4.79 Å². The maximum Gasteiger partial charge on any atom is 0.394 e. The first-order chi connectivity index (χ1) is 13.3. The molecule has 0 bridgehead atoms. The molecule has 2 atom stereocenters. The third-order valence-electron chi connectivity index (χ3n) is 4.29. The number of carboxylic acids is 2. The number of amides is 1. The predicted octanol–water partition coefficient (Wildman–Crippen LogP) is 2.20. The molecule has 28 heavy (non-hydrogen) atoms. The van der Waals surface area contributed by atoms with Crippen LogP contribution in [0.5, 0.6) is 0 Å². The van der Waals surface area contributed by atoms with Gasteiger partial charge >= 0.3 is 17.8 Å². The van der Waals surface area contributed by atoms with Gasteiger partial charge in [0, 0.05) is 11.1 Å². The summed E-state index contributed by atoms with van der Waals surface area (Å²) in [5.74, 6) is -5.29. The molecule has 0 aromatic heterocycles. The standard InChI is InChI=1S/C20H20ClNO6/c21-17-10-13(12-4-2-1-3-5-12)6-7-14(17)8-16(22-18(24)20(27)28)9-15(11-23)19(25)26/h1-7,10,15-16,23H,8-9,11H2,(H,22,24)(H,25,26)(H,27,28)/t15?,16-/m0/s1. The fourth-order valence-electron chi connectivity index (χ4n) is 2.83. The van der Waals surface area contributed by atoms with E-state index in [2.05, 4.69) is 5.32 Å². The summed E-state index contributed by atoms with van der Waals surface area (Å²) < 4.78 is 0. The molecule has 2 rings (SSSR count). The molecule has 2 aromatic rings. The van der Waals surface area contributed by atoms with Crippen molar-refractivity contribution in [2.24, 2.45) is 5.92 Å². The van der Waals surface area contributed by atoms with E-state index >= 15 is 0 Å². The number of aliphatic hydroxyl groups excluding tert-OH is 1. The minimum atomic E-state index is -1.67. The maximum absolute atomic E-state index is 11.6. The van der Waals surface area contributed by atoms with Gasteiger partial charge < -0.3 is 20.6 Å². The van der Waals surface area contributed by atoms with E-state index in [-0.39, 0.29) is 12.8 Å². The zero-order chi connectivity index (χ0) is 20.7. The van der Waals surface area contributed by atoms with E-state index in [1.807, 2.05) is 36.4 Å². The molecule has 1 amide bonds. The van der Waals surface area contributed by atoms with Gasteiger partial charge in [-0.2, -0.15) is 0 Å². The van der Waals surface area contributed by atoms with Crippen molar-refractivity contribution in [3.63, 3.8) is 0 Å². The lowest BCUT2D eigenvalue weighted by molar-refractivity contribution is -0.150. The Hall–Kier alpha value is -2.90. The van der Waals surface area contributed by atoms with E-state index in [0.717, 1.165) is 11.1 Å². The molecule has 0 spiro atoms. The first kappa shape index (κ1) is 21.4. The van der Waals surface area contributed by atoms with Crippen molar-refractivity contribution >= 4 is 29.4 Å². The summed E-state index contributed by atoms with van der Waals surface area (Å²) in [5.41, 5.74) is 2.48. The average molecular weight is 406 g/mol. The van der Waals surface area contributed by atoms with Crippen molar-refractivity contribution < 1.29 is 29.7 Å². The summed E-state index contributed by atoms with van der Waals surface area (Å²) >= 11 is 6.36. The lowest BCUT2D eigenvalue weighted by Crippen LogP contribution is -2.42. The summed E-state index contributed by atoms with van der Waals surface area (Å²) in [6.45, 7) is -0.630. The van der Waals surface area contributed by atoms with Crippen LogP contribution in [-0.4, -0.2) is 45.8 Å². The lowest BCUT2D eigenvalue weighted by atomic mass is 9.94. The number of halogens is 1. The van der Waals surface area contributed by atoms with E-state index in [9.17, 15) is 19.5 Å². The Morgan fingerprint density at radius 2 is 1.68 bits per heavy atom. The second-order valence-corrected chi connectivity index (χ2v) is 6.71. The van der Waals surface area contributed by atoms with E-state index < -0.39 is 36.4 Å². The number of nitrogens with one attached hydrogen (secondary N) is 1. The third-order valence-corrected chi connectivity index (χ3v) is 4.65. The van der Waals surface area contributed by atoms with Crippen LogP contribution in [0.1, 0.15) is 12.0 Å². The van der Waals surface area contributed by atoms with Crippen LogP contribution in [0.4, 0.5) is 0 Å². The zero-order valence-corrected chi connectivity index (χ0v) is 15.6. The molecule has 0 aliphatic carbocycles. The molecular weight excluding hydrogens is 386 g/mol. The third kappa shape index (κ3) is 5.80. The van der Waals surface area contributed by atoms with Crippen LogP contribution in [0.15, 0.2) is 48.5 Å². The summed E-state index contributed by atoms with van der Waals surface area (Å²) in [5, 5.41) is 29.9. The summed E-state index contributed by atoms with van der Waals surface area (Å²) in [7, 11) is 0. The Kier molecular flexibility index (Phi) is 7.54. The number of aliphatic hydroxyl groups is 1. The van der Waals surface area contributed by atoms with Crippen molar-refractivity contribution in [3.8, 4) is 11.1 Å². The van der Waals surface area contributed by atoms with Crippen molar-refractivity contribution in [2.75, 3.05) is 6.61 Å². The first-order valence-electron chi connectivity index (χ1n) is 8.53. The number of hydrogen-bond donors (Lipinski definition) is 4. The van der Waals surface area contributed by atoms with Crippen molar-refractivity contribution in [2.45, 2.75) is 18.9 Å². The van der Waals surface area contributed by atoms with Crippen molar-refractivity contribution in [1.29, 1.82) is 0 Å². The quantitative estimate of drug-likeness (QED) is 0.499. The number of carbonyl (C=O) groups is 3. The van der Waals surface area contributed by atoms with Crippen LogP contribution in [-0.2, 0) is 20.8 Å². The first-order valence-corrected chi connectivity index (χ1v) is 8.91. The fraction of sp³-hybridized carbons (Fsp3) is 0.250. The van der Waals surface area contributed by atoms with Crippen LogP contribution in [0.25, 0.3) is 11.1 Å². The van der Waals surface area contributed by atoms with Gasteiger partial charge in [0.1, 0.15) is 0 Å². The Balaban J connectivity index is 2.23. The second kappa shape index (κ2) is 9.87. The molecule has 4 N–H and O–H groups in total. The monoisotopic (exact) mass is 405 g/mol. The topological polar surface area (TPSA) is 124 Å². The molecule has 0 fully saturated rings. The maximum atomic E-state index is 11.6. The van der Waals surface area contributed by atoms with Crippen LogP contribution in [0.2, 0.25) is 5.02 Å². The molecule has 0 radical (unpaired) electrons. The van der Waals surface area contributed by atoms with E-state index in [1.165, 1.54) is 0 Å². The number of carboxylic acid groups (broad SMARTS) is 2. The highest BCUT2D eigenvalue weighted by atomic mass is 35.5. The van der Waals surface area contributed by atoms with Crippen molar-refractivity contribution in [1.82, 2.24) is 5.32 Å². The molecule has 0 aliphatic heterocycles. The zero-order valence-electron chi connectivity index (χ0n) is 14.8. The molecule has 7 nitrogen and oxygen atoms in total. The number of hydrogen-bond acceptors (Lipinski definition) is 4. The van der Waals surface area contributed by atoms with E-state index in [0.29, 0.717) is 10.6 Å². The fourth-order valence-corrected chi connectivity index (χ4v) is 3.08. The normalized spacial score (nSPS) is 12.8. The molecule has 2 aromatic carbocycles. The number of carbonyl (C=O) groups excluding carboxylic acids is 1. The van der Waals surface area contributed by atoms with Gasteiger partial charge in [-0.1, -0.05) is 54.1 Å². The summed E-state index contributed by atoms with van der Waals surface area (Å²) in [6.07, 6.45) is -0.0156. The van der Waals surface area contributed by atoms with Crippen LogP contribution < -0.4 is 5.32 Å². The molecular formula is C20H20ClNO6. The highest BCUT2D eigenvalue weighted by molar-refractivity contribution is 6.32. The highest BCUT2D eigenvalue weighted by Crippen LogP contribution is 2.27. The van der Waals surface area contributed by atoms with Gasteiger partial charge in [0.25, 0.3) is 0 Å². The lowest BCUT2D eigenvalue weighted by Gasteiger charge is -2.21. The Labute approximate surface area is 166 Å². The van der Waals surface area contributed by atoms with Gasteiger partial charge in [0.15, 0.2) is 0 Å². The Morgan fingerprint density at radius 1 is 1.00 bits per heavy atom. The molecule has 0 aliphatic rings. The smallest absolute Gasteiger partial charge is 0.394 e. The largest absolute Gasteiger partial charge is 0.481 e. The molecule has 0 saturated carbocycles. The average Bonchev–Trinajstić information content (AvgIpc) is 2.67. The molecule has 8 heteroatoms. The van der Waals surface area contributed by atoms with Gasteiger partial charge in [-0.15, -0.1) is 0 Å². The second-order valence-electron chi connectivity index (χ2n) is 6.31. The van der Waals surface area contributed by atoms with E-state index in [4.69, 9.17) is 21.8 Å². The van der Waals surface area contributed by atoms with Crippen LogP contribution >= 0.6 is 11.6 Å². The number of benzene rings is 2. The Morgan fingerprint density at radius 3 is 2.21 bits per heavy atom. The molecule has 1 unspecified atom stereocenters.